The van der Waals surface area contributed by atoms with Crippen molar-refractivity contribution >= 4 is 45.2 Å². The van der Waals surface area contributed by atoms with Crippen LogP contribution in [0.15, 0.2) is 114 Å². The highest BCUT2D eigenvalue weighted by atomic mass is 32.2. The second-order valence-corrected chi connectivity index (χ2v) is 15.0. The van der Waals surface area contributed by atoms with Crippen molar-refractivity contribution < 1.29 is 42.2 Å². The highest BCUT2D eigenvalue weighted by Crippen LogP contribution is 2.51. The van der Waals surface area contributed by atoms with Gasteiger partial charge in [-0.2, -0.15) is 0 Å². The van der Waals surface area contributed by atoms with E-state index in [0.717, 1.165) is 18.2 Å². The number of ether oxygens (including phenoxy) is 2. The van der Waals surface area contributed by atoms with E-state index in [9.17, 15) is 22.6 Å². The third-order valence-corrected chi connectivity index (χ3v) is 11.2. The number of aliphatic hydroxyl groups is 2. The first kappa shape index (κ1) is 34.6. The van der Waals surface area contributed by atoms with Crippen LogP contribution in [0.3, 0.4) is 0 Å². The molecule has 2 N–H and O–H groups in total. The van der Waals surface area contributed by atoms with Gasteiger partial charge in [-0.15, -0.1) is 0 Å². The normalized spacial score (nSPS) is 12.7. The fourth-order valence-corrected chi connectivity index (χ4v) is 7.91. The Morgan fingerprint density at radius 1 is 0.682 bits per heavy atom. The molecule has 0 bridgehead atoms. The van der Waals surface area contributed by atoms with Gasteiger partial charge in [0.2, 0.25) is 0 Å². The molecule has 0 aromatic heterocycles. The van der Waals surface area contributed by atoms with E-state index < -0.39 is 46.4 Å². The molecular formula is C33H35O9PS. The Balaban J connectivity index is 0.000000243. The molecule has 9 nitrogen and oxygen atoms in total. The summed E-state index contributed by atoms with van der Waals surface area (Å²) in [7, 11) is -6.47. The first-order valence-electron chi connectivity index (χ1n) is 13.7. The maximum absolute atomic E-state index is 11.8. The number of carbonyl (C=O) groups is 2. The lowest BCUT2D eigenvalue weighted by molar-refractivity contribution is 0.0290. The fraction of sp³-hybridized carbons (Fsp3) is 0.212. The second-order valence-electron chi connectivity index (χ2n) is 10.1. The monoisotopic (exact) mass is 638 g/mol. The lowest BCUT2D eigenvalue weighted by Crippen LogP contribution is -2.30. The molecule has 0 aliphatic carbocycles. The number of esters is 2. The highest BCUT2D eigenvalue weighted by molar-refractivity contribution is 7.95. The summed E-state index contributed by atoms with van der Waals surface area (Å²) < 4.78 is 42.9. The summed E-state index contributed by atoms with van der Waals surface area (Å²) in [5.74, 6) is -2.04. The Bertz CT molecular complexity index is 1490. The number of hydrogen-bond donors (Lipinski definition) is 2. The Labute approximate surface area is 258 Å². The Kier molecular flexibility index (Phi) is 12.3. The molecule has 0 amide bonds. The van der Waals surface area contributed by atoms with E-state index in [2.05, 4.69) is 97.7 Å². The molecule has 2 unspecified atom stereocenters. The zero-order valence-corrected chi connectivity index (χ0v) is 26.3. The van der Waals surface area contributed by atoms with E-state index in [-0.39, 0.29) is 24.3 Å². The van der Waals surface area contributed by atoms with E-state index in [1.165, 1.54) is 29.8 Å². The minimum atomic E-state index is -4.94. The average molecular weight is 639 g/mol. The van der Waals surface area contributed by atoms with Gasteiger partial charge in [0.05, 0.1) is 34.9 Å². The van der Waals surface area contributed by atoms with Gasteiger partial charge in [-0.3, -0.25) is 0 Å². The average Bonchev–Trinajstić information content (AvgIpc) is 3.03. The van der Waals surface area contributed by atoms with E-state index in [1.807, 2.05) is 0 Å². The van der Waals surface area contributed by atoms with Gasteiger partial charge in [0.1, 0.15) is 46.5 Å². The van der Waals surface area contributed by atoms with Gasteiger partial charge in [0.25, 0.3) is 0 Å². The summed E-state index contributed by atoms with van der Waals surface area (Å²) >= 11 is 0. The minimum Gasteiger partial charge on any atom is -0.744 e. The summed E-state index contributed by atoms with van der Waals surface area (Å²) in [5.41, 5.74) is -0.729. The molecule has 0 saturated heterocycles. The van der Waals surface area contributed by atoms with E-state index in [4.69, 9.17) is 19.7 Å². The third kappa shape index (κ3) is 9.54. The molecule has 44 heavy (non-hydrogen) atoms. The molecule has 4 aromatic rings. The van der Waals surface area contributed by atoms with Gasteiger partial charge in [0.15, 0.2) is 0 Å². The summed E-state index contributed by atoms with van der Waals surface area (Å²) in [5, 5.41) is 22.4. The number of hydrogen-bond acceptors (Lipinski definition) is 9. The van der Waals surface area contributed by atoms with Crippen LogP contribution in [0.2, 0.25) is 0 Å². The number of benzene rings is 4. The van der Waals surface area contributed by atoms with Gasteiger partial charge in [-0.05, 0) is 68.4 Å². The van der Waals surface area contributed by atoms with Crippen LogP contribution < -0.4 is 15.9 Å². The molecule has 0 spiro atoms. The SMILES string of the molecule is CC(O)COC(=O)c1cc(C(=O)OCC(C)O)cc(S(=O)(=O)[O-])c1.C[P+](c1ccccc1)(c1ccccc1)c1ccccc1. The van der Waals surface area contributed by atoms with Crippen LogP contribution in [-0.2, 0) is 19.6 Å². The fourth-order valence-electron chi connectivity index (χ4n) is 4.16. The molecule has 0 heterocycles. The summed E-state index contributed by atoms with van der Waals surface area (Å²) in [4.78, 5) is 22.9. The molecular weight excluding hydrogens is 603 g/mol. The van der Waals surface area contributed by atoms with Crippen LogP contribution in [0.25, 0.3) is 0 Å². The standard InChI is InChI=1S/C19H18P.C14H18O9S/c1-20(17-11-5-2-6-12-17,18-13-7-3-8-14-18)19-15-9-4-10-16-19;1-8(15)6-22-13(17)10-3-11(14(18)23-7-9(2)16)5-12(4-10)24(19,20)21/h2-16H,1H3;3-5,8-9,15-16H,6-7H2,1-2H3,(H,19,20,21)/q+1;/p-1. The molecule has 0 saturated carbocycles. The van der Waals surface area contributed by atoms with Crippen molar-refractivity contribution in [3.8, 4) is 0 Å². The van der Waals surface area contributed by atoms with E-state index in [0.29, 0.717) is 0 Å². The molecule has 2 atom stereocenters. The van der Waals surface area contributed by atoms with Crippen molar-refractivity contribution in [2.45, 2.75) is 31.0 Å². The minimum absolute atomic E-state index is 0.352. The number of rotatable bonds is 10. The largest absolute Gasteiger partial charge is 0.744 e. The van der Waals surface area contributed by atoms with Gasteiger partial charge in [-0.1, -0.05) is 54.6 Å². The Morgan fingerprint density at radius 2 is 1.00 bits per heavy atom. The summed E-state index contributed by atoms with van der Waals surface area (Å²) in [6.07, 6.45) is -1.90. The predicted molar refractivity (Wildman–Crippen MR) is 169 cm³/mol. The third-order valence-electron chi connectivity index (χ3n) is 6.40. The Morgan fingerprint density at radius 3 is 1.27 bits per heavy atom. The smallest absolute Gasteiger partial charge is 0.338 e. The van der Waals surface area contributed by atoms with Crippen LogP contribution in [0, 0.1) is 0 Å². The number of carbonyl (C=O) groups excluding carboxylic acids is 2. The van der Waals surface area contributed by atoms with Crippen molar-refractivity contribution in [3.05, 3.63) is 120 Å². The van der Waals surface area contributed by atoms with Crippen molar-refractivity contribution in [2.75, 3.05) is 19.9 Å². The molecule has 4 aromatic carbocycles. The predicted octanol–water partition coefficient (Wildman–Crippen LogP) is 3.28. The molecule has 0 aliphatic rings. The van der Waals surface area contributed by atoms with Crippen molar-refractivity contribution in [2.24, 2.45) is 0 Å². The van der Waals surface area contributed by atoms with Crippen molar-refractivity contribution in [1.82, 2.24) is 0 Å². The molecule has 0 fully saturated rings. The second kappa shape index (κ2) is 15.7. The lowest BCUT2D eigenvalue weighted by Gasteiger charge is -2.22. The van der Waals surface area contributed by atoms with E-state index in [1.54, 1.807) is 0 Å². The first-order chi connectivity index (χ1) is 20.8. The van der Waals surface area contributed by atoms with Crippen LogP contribution in [-0.4, -0.2) is 67.2 Å². The molecule has 0 radical (unpaired) electrons. The van der Waals surface area contributed by atoms with Crippen LogP contribution in [0.4, 0.5) is 0 Å². The zero-order valence-electron chi connectivity index (χ0n) is 24.6. The quantitative estimate of drug-likeness (QED) is 0.152. The van der Waals surface area contributed by atoms with Gasteiger partial charge >= 0.3 is 11.9 Å². The van der Waals surface area contributed by atoms with E-state index >= 15 is 0 Å². The van der Waals surface area contributed by atoms with Gasteiger partial charge in [-0.25, -0.2) is 18.0 Å². The molecule has 0 aliphatic heterocycles. The molecule has 11 heteroatoms. The first-order valence-corrected chi connectivity index (χ1v) is 17.3. The molecule has 4 rings (SSSR count). The summed E-state index contributed by atoms with van der Waals surface area (Å²) in [6, 6.07) is 35.2. The van der Waals surface area contributed by atoms with Crippen LogP contribution in [0.5, 0.6) is 0 Å². The molecule has 232 valence electrons. The van der Waals surface area contributed by atoms with Gasteiger partial charge < -0.3 is 24.2 Å². The maximum atomic E-state index is 11.8. The number of aliphatic hydroxyl groups excluding tert-OH is 2. The maximum Gasteiger partial charge on any atom is 0.338 e. The Hall–Kier alpha value is -3.92. The highest BCUT2D eigenvalue weighted by Gasteiger charge is 2.39. The van der Waals surface area contributed by atoms with Crippen LogP contribution in [0.1, 0.15) is 34.6 Å². The summed E-state index contributed by atoms with van der Waals surface area (Å²) in [6.45, 7) is 4.44. The van der Waals surface area contributed by atoms with Gasteiger partial charge in [0, 0.05) is 0 Å². The van der Waals surface area contributed by atoms with Crippen molar-refractivity contribution in [1.29, 1.82) is 0 Å². The zero-order chi connectivity index (χ0) is 32.3. The topological polar surface area (TPSA) is 150 Å². The lowest BCUT2D eigenvalue weighted by atomic mass is 10.1. The van der Waals surface area contributed by atoms with Crippen LogP contribution >= 0.6 is 7.26 Å². The van der Waals surface area contributed by atoms with Crippen molar-refractivity contribution in [3.63, 3.8) is 0 Å².